The Kier molecular flexibility index (Phi) is 6.57. The smallest absolute Gasteiger partial charge is 0.226 e. The number of carbonyl (C=O) groups excluding carboxylic acids is 1. The predicted molar refractivity (Wildman–Crippen MR) is 119 cm³/mol. The van der Waals surface area contributed by atoms with Crippen LogP contribution in [0.25, 0.3) is 0 Å². The fraction of sp³-hybridized carbons (Fsp3) is 0.435. The Bertz CT molecular complexity index is 785. The third-order valence-corrected chi connectivity index (χ3v) is 5.35. The van der Waals surface area contributed by atoms with Crippen LogP contribution in [0.5, 0.6) is 0 Å². The van der Waals surface area contributed by atoms with Crippen molar-refractivity contribution in [2.75, 3.05) is 55.3 Å². The average Bonchev–Trinajstić information content (AvgIpc) is 2.65. The number of hydrogen-bond acceptors (Lipinski definition) is 4. The number of piperazine rings is 1. The van der Waals surface area contributed by atoms with Gasteiger partial charge < -0.3 is 20.4 Å². The number of benzene rings is 2. The van der Waals surface area contributed by atoms with Crippen molar-refractivity contribution in [3.63, 3.8) is 0 Å². The summed E-state index contributed by atoms with van der Waals surface area (Å²) in [5.41, 5.74) is 6.91. The molecule has 1 aliphatic rings. The maximum atomic E-state index is 12.3. The molecular formula is C23H32N4O. The third-order valence-electron chi connectivity index (χ3n) is 5.35. The summed E-state index contributed by atoms with van der Waals surface area (Å²) in [6.45, 7) is 11.2. The maximum Gasteiger partial charge on any atom is 0.226 e. The SMILES string of the molecule is Cc1cc(C)c(NCCC(=O)Nc2ccc(N3CCN(C)CC3)cc2)c(C)c1. The topological polar surface area (TPSA) is 47.6 Å². The molecule has 0 bridgehead atoms. The van der Waals surface area contributed by atoms with Crippen LogP contribution in [0, 0.1) is 20.8 Å². The maximum absolute atomic E-state index is 12.3. The zero-order valence-electron chi connectivity index (χ0n) is 17.5. The Morgan fingerprint density at radius 2 is 1.57 bits per heavy atom. The Labute approximate surface area is 168 Å². The average molecular weight is 381 g/mol. The quantitative estimate of drug-likeness (QED) is 0.800. The van der Waals surface area contributed by atoms with Crippen molar-refractivity contribution < 1.29 is 4.79 Å². The van der Waals surface area contributed by atoms with E-state index < -0.39 is 0 Å². The number of nitrogens with zero attached hydrogens (tertiary/aromatic N) is 2. The normalized spacial score (nSPS) is 14.8. The van der Waals surface area contributed by atoms with Gasteiger partial charge in [0.2, 0.25) is 5.91 Å². The van der Waals surface area contributed by atoms with E-state index in [1.165, 1.54) is 22.4 Å². The minimum atomic E-state index is 0.0299. The number of hydrogen-bond donors (Lipinski definition) is 2. The number of nitrogens with one attached hydrogen (secondary N) is 2. The lowest BCUT2D eigenvalue weighted by Gasteiger charge is -2.34. The molecule has 2 N–H and O–H groups in total. The van der Waals surface area contributed by atoms with Gasteiger partial charge in [0, 0.05) is 56.2 Å². The molecule has 3 rings (SSSR count). The highest BCUT2D eigenvalue weighted by molar-refractivity contribution is 5.91. The van der Waals surface area contributed by atoms with Gasteiger partial charge in [-0.05, 0) is 63.2 Å². The van der Waals surface area contributed by atoms with E-state index in [1.54, 1.807) is 0 Å². The van der Waals surface area contributed by atoms with Crippen LogP contribution in [0.3, 0.4) is 0 Å². The fourth-order valence-electron chi connectivity index (χ4n) is 3.80. The van der Waals surface area contributed by atoms with Crippen LogP contribution in [-0.2, 0) is 4.79 Å². The minimum Gasteiger partial charge on any atom is -0.384 e. The Morgan fingerprint density at radius 1 is 0.964 bits per heavy atom. The molecule has 0 aromatic heterocycles. The summed E-state index contributed by atoms with van der Waals surface area (Å²) >= 11 is 0. The highest BCUT2D eigenvalue weighted by Crippen LogP contribution is 2.22. The first-order valence-corrected chi connectivity index (χ1v) is 10.1. The highest BCUT2D eigenvalue weighted by Gasteiger charge is 2.14. The largest absolute Gasteiger partial charge is 0.384 e. The van der Waals surface area contributed by atoms with Gasteiger partial charge >= 0.3 is 0 Å². The molecule has 1 aliphatic heterocycles. The second-order valence-corrected chi connectivity index (χ2v) is 7.84. The summed E-state index contributed by atoms with van der Waals surface area (Å²) in [7, 11) is 2.16. The number of likely N-dealkylation sites (N-methyl/N-ethyl adjacent to an activating group) is 1. The summed E-state index contributed by atoms with van der Waals surface area (Å²) in [5, 5.41) is 6.41. The van der Waals surface area contributed by atoms with Gasteiger partial charge in [0.25, 0.3) is 0 Å². The second-order valence-electron chi connectivity index (χ2n) is 7.84. The lowest BCUT2D eigenvalue weighted by Crippen LogP contribution is -2.44. The van der Waals surface area contributed by atoms with E-state index in [0.29, 0.717) is 13.0 Å². The minimum absolute atomic E-state index is 0.0299. The zero-order chi connectivity index (χ0) is 20.1. The molecule has 5 nitrogen and oxygen atoms in total. The van der Waals surface area contributed by atoms with E-state index in [1.807, 2.05) is 12.1 Å². The molecule has 28 heavy (non-hydrogen) atoms. The molecule has 1 fully saturated rings. The molecule has 2 aromatic carbocycles. The first kappa shape index (κ1) is 20.2. The molecule has 1 heterocycles. The molecule has 1 saturated heterocycles. The Balaban J connectivity index is 1.47. The third kappa shape index (κ3) is 5.26. The van der Waals surface area contributed by atoms with E-state index in [-0.39, 0.29) is 5.91 Å². The number of anilines is 3. The summed E-state index contributed by atoms with van der Waals surface area (Å²) in [4.78, 5) is 17.0. The van der Waals surface area contributed by atoms with Gasteiger partial charge in [0.1, 0.15) is 0 Å². The Morgan fingerprint density at radius 3 is 2.18 bits per heavy atom. The molecule has 0 radical (unpaired) electrons. The number of carbonyl (C=O) groups is 1. The van der Waals surface area contributed by atoms with E-state index >= 15 is 0 Å². The predicted octanol–water partition coefficient (Wildman–Crippen LogP) is 3.80. The van der Waals surface area contributed by atoms with Crippen LogP contribution in [0.15, 0.2) is 36.4 Å². The molecule has 0 saturated carbocycles. The first-order valence-electron chi connectivity index (χ1n) is 10.1. The van der Waals surface area contributed by atoms with Crippen LogP contribution in [-0.4, -0.2) is 50.6 Å². The standard InChI is InChI=1S/C23H32N4O/c1-17-15-18(2)23(19(3)16-17)24-10-9-22(28)25-20-5-7-21(8-6-20)27-13-11-26(4)12-14-27/h5-8,15-16,24H,9-14H2,1-4H3,(H,25,28). The second kappa shape index (κ2) is 9.11. The van der Waals surface area contributed by atoms with Crippen molar-refractivity contribution in [3.05, 3.63) is 53.1 Å². The van der Waals surface area contributed by atoms with Gasteiger partial charge in [0.15, 0.2) is 0 Å². The van der Waals surface area contributed by atoms with Gasteiger partial charge in [-0.25, -0.2) is 0 Å². The number of aryl methyl sites for hydroxylation is 3. The van der Waals surface area contributed by atoms with Crippen molar-refractivity contribution in [2.45, 2.75) is 27.2 Å². The highest BCUT2D eigenvalue weighted by atomic mass is 16.1. The molecule has 0 atom stereocenters. The van der Waals surface area contributed by atoms with Crippen LogP contribution in [0.1, 0.15) is 23.1 Å². The number of amides is 1. The monoisotopic (exact) mass is 380 g/mol. The molecule has 1 amide bonds. The van der Waals surface area contributed by atoms with Crippen LogP contribution < -0.4 is 15.5 Å². The van der Waals surface area contributed by atoms with Gasteiger partial charge in [-0.3, -0.25) is 4.79 Å². The molecule has 0 aliphatic carbocycles. The molecule has 0 unspecified atom stereocenters. The van der Waals surface area contributed by atoms with Crippen LogP contribution >= 0.6 is 0 Å². The first-order chi connectivity index (χ1) is 13.4. The van der Waals surface area contributed by atoms with Crippen LogP contribution in [0.2, 0.25) is 0 Å². The zero-order valence-corrected chi connectivity index (χ0v) is 17.5. The van der Waals surface area contributed by atoms with Crippen molar-refractivity contribution in [1.82, 2.24) is 4.90 Å². The molecular weight excluding hydrogens is 348 g/mol. The Hall–Kier alpha value is -2.53. The van der Waals surface area contributed by atoms with Crippen molar-refractivity contribution in [2.24, 2.45) is 0 Å². The summed E-state index contributed by atoms with van der Waals surface area (Å²) in [6, 6.07) is 12.5. The van der Waals surface area contributed by atoms with E-state index in [9.17, 15) is 4.79 Å². The van der Waals surface area contributed by atoms with Gasteiger partial charge in [-0.1, -0.05) is 17.7 Å². The van der Waals surface area contributed by atoms with Crippen molar-refractivity contribution >= 4 is 23.0 Å². The van der Waals surface area contributed by atoms with Crippen LogP contribution in [0.4, 0.5) is 17.1 Å². The van der Waals surface area contributed by atoms with Gasteiger partial charge in [-0.15, -0.1) is 0 Å². The van der Waals surface area contributed by atoms with E-state index in [4.69, 9.17) is 0 Å². The van der Waals surface area contributed by atoms with E-state index in [0.717, 1.165) is 37.6 Å². The van der Waals surface area contributed by atoms with Crippen molar-refractivity contribution in [1.29, 1.82) is 0 Å². The number of rotatable bonds is 6. The summed E-state index contributed by atoms with van der Waals surface area (Å²) < 4.78 is 0. The van der Waals surface area contributed by atoms with Crippen molar-refractivity contribution in [3.8, 4) is 0 Å². The molecule has 5 heteroatoms. The summed E-state index contributed by atoms with van der Waals surface area (Å²) in [5.74, 6) is 0.0299. The lowest BCUT2D eigenvalue weighted by atomic mass is 10.1. The fourth-order valence-corrected chi connectivity index (χ4v) is 3.80. The van der Waals surface area contributed by atoms with Gasteiger partial charge in [-0.2, -0.15) is 0 Å². The molecule has 150 valence electrons. The summed E-state index contributed by atoms with van der Waals surface area (Å²) in [6.07, 6.45) is 0.437. The molecule has 2 aromatic rings. The van der Waals surface area contributed by atoms with E-state index in [2.05, 4.69) is 72.5 Å². The molecule has 0 spiro atoms. The lowest BCUT2D eigenvalue weighted by molar-refractivity contribution is -0.115. The van der Waals surface area contributed by atoms with Gasteiger partial charge in [0.05, 0.1) is 0 Å².